The van der Waals surface area contributed by atoms with E-state index in [2.05, 4.69) is 0 Å². The summed E-state index contributed by atoms with van der Waals surface area (Å²) in [6.07, 6.45) is 0. The van der Waals surface area contributed by atoms with E-state index < -0.39 is 0 Å². The molecule has 0 aromatic rings. The Labute approximate surface area is 65.8 Å². The molecule has 0 saturated heterocycles. The van der Waals surface area contributed by atoms with Crippen molar-refractivity contribution in [2.24, 2.45) is 0 Å². The van der Waals surface area contributed by atoms with Crippen LogP contribution in [0.2, 0.25) is 0 Å². The third-order valence-corrected chi connectivity index (χ3v) is 0. The van der Waals surface area contributed by atoms with Gasteiger partial charge in [-0.3, -0.25) is 0 Å². The van der Waals surface area contributed by atoms with Gasteiger partial charge in [0.1, 0.15) is 0 Å². The average molecular weight is 174 g/mol. The van der Waals surface area contributed by atoms with Gasteiger partial charge in [0.25, 0.3) is 0 Å². The second-order valence-corrected chi connectivity index (χ2v) is 0. The largest absolute Gasteiger partial charge is 0 e. The Kier molecular flexibility index (Phi) is 197. The Morgan fingerprint density at radius 2 is 1.00 bits per heavy atom. The van der Waals surface area contributed by atoms with Crippen LogP contribution in [-0.2, 0) is 56.1 Å². The fraction of sp³-hybridized carbons (Fsp3) is 0. The van der Waals surface area contributed by atoms with Crippen LogP contribution in [0.25, 0.3) is 0 Å². The van der Waals surface area contributed by atoms with E-state index in [4.69, 9.17) is 0 Å². The molecule has 0 aromatic carbocycles. The molecule has 0 aliphatic carbocycles. The molecular formula is H2BeCrCuTi. The van der Waals surface area contributed by atoms with E-state index >= 15 is 0 Å². The van der Waals surface area contributed by atoms with E-state index in [1.165, 1.54) is 0 Å². The molecule has 25 valence electrons. The molecule has 1 radical (unpaired) electrons. The van der Waals surface area contributed by atoms with Crippen molar-refractivity contribution < 1.29 is 56.1 Å². The van der Waals surface area contributed by atoms with Crippen molar-refractivity contribution in [3.63, 3.8) is 0 Å². The van der Waals surface area contributed by atoms with E-state index in [0.29, 0.717) is 0 Å². The SMILES string of the molecule is [BeH2].[Cr].[Cu].[Ti]. The average Bonchev–Trinajstić information content (AvgIpc) is 0. The molecule has 0 bridgehead atoms. The minimum Gasteiger partial charge on any atom is 0 e. The third kappa shape index (κ3) is 9.05. The van der Waals surface area contributed by atoms with Crippen LogP contribution < -0.4 is 0 Å². The summed E-state index contributed by atoms with van der Waals surface area (Å²) in [7, 11) is 0. The van der Waals surface area contributed by atoms with Crippen molar-refractivity contribution in [1.82, 2.24) is 0 Å². The molecule has 0 aliphatic rings. The van der Waals surface area contributed by atoms with Crippen molar-refractivity contribution in [2.75, 3.05) is 0 Å². The number of hydrogen-bond acceptors (Lipinski definition) is 0. The molecule has 4 heteroatoms. The van der Waals surface area contributed by atoms with Gasteiger partial charge in [-0.05, 0) is 0 Å². The van der Waals surface area contributed by atoms with Crippen molar-refractivity contribution in [2.45, 2.75) is 0 Å². The van der Waals surface area contributed by atoms with Crippen molar-refractivity contribution in [3.05, 3.63) is 0 Å². The van der Waals surface area contributed by atoms with Gasteiger partial charge in [0.2, 0.25) is 0 Å². The normalized spacial score (nSPS) is 0. The Bertz CT molecular complexity index is 8.00. The third-order valence-electron chi connectivity index (χ3n) is 0. The molecule has 0 fully saturated rings. The summed E-state index contributed by atoms with van der Waals surface area (Å²) in [5.74, 6) is 0. The molecule has 0 rings (SSSR count). The second kappa shape index (κ2) is 20.4. The van der Waals surface area contributed by atoms with Gasteiger partial charge in [-0.25, -0.2) is 0 Å². The summed E-state index contributed by atoms with van der Waals surface area (Å²) in [4.78, 5) is 0. The van der Waals surface area contributed by atoms with Gasteiger partial charge in [-0.2, -0.15) is 0 Å². The van der Waals surface area contributed by atoms with Crippen molar-refractivity contribution in [3.8, 4) is 0 Å². The van der Waals surface area contributed by atoms with Crippen molar-refractivity contribution in [1.29, 1.82) is 0 Å². The van der Waals surface area contributed by atoms with Gasteiger partial charge in [-0.1, -0.05) is 0 Å². The first-order valence-electron chi connectivity index (χ1n) is 0. The Morgan fingerprint density at radius 1 is 1.00 bits per heavy atom. The Morgan fingerprint density at radius 3 is 1.00 bits per heavy atom. The van der Waals surface area contributed by atoms with Crippen LogP contribution in [-0.4, -0.2) is 10.1 Å². The predicted molar refractivity (Wildman–Crippen MR) is 8.54 cm³/mol. The Balaban J connectivity index is 0. The fourth-order valence-electron chi connectivity index (χ4n) is 0. The standard InChI is InChI=1S/Be.Cr.Cu.Ti.2H. The van der Waals surface area contributed by atoms with Crippen LogP contribution >= 0.6 is 0 Å². The van der Waals surface area contributed by atoms with E-state index in [1.54, 1.807) is 0 Å². The maximum Gasteiger partial charge on any atom is 0 e. The van der Waals surface area contributed by atoms with Gasteiger partial charge < -0.3 is 0 Å². The fourth-order valence-corrected chi connectivity index (χ4v) is 0. The molecule has 0 heterocycles. The summed E-state index contributed by atoms with van der Waals surface area (Å²) in [6.45, 7) is 0. The van der Waals surface area contributed by atoms with Crippen LogP contribution in [0.1, 0.15) is 0 Å². The minimum absolute atomic E-state index is 0. The van der Waals surface area contributed by atoms with Crippen LogP contribution in [0, 0.1) is 0 Å². The molecule has 0 amide bonds. The molecule has 0 atom stereocenters. The van der Waals surface area contributed by atoms with E-state index in [9.17, 15) is 0 Å². The van der Waals surface area contributed by atoms with Crippen LogP contribution in [0.4, 0.5) is 0 Å². The molecular weight excluding hydrogens is 172 g/mol. The van der Waals surface area contributed by atoms with Gasteiger partial charge >= 0.3 is 10.1 Å². The van der Waals surface area contributed by atoms with E-state index in [0.717, 1.165) is 0 Å². The zero-order valence-corrected chi connectivity index (χ0v) is 4.99. The zero-order chi connectivity index (χ0) is 0. The number of hydrogen-bond donors (Lipinski definition) is 0. The summed E-state index contributed by atoms with van der Waals surface area (Å²) in [5.41, 5.74) is 0. The molecule has 0 N–H and O–H groups in total. The van der Waals surface area contributed by atoms with Crippen LogP contribution in [0.3, 0.4) is 0 Å². The molecule has 0 unspecified atom stereocenters. The molecule has 0 spiro atoms. The van der Waals surface area contributed by atoms with Crippen molar-refractivity contribution >= 4 is 10.1 Å². The molecule has 0 aromatic heterocycles. The van der Waals surface area contributed by atoms with E-state index in [-0.39, 0.29) is 66.3 Å². The maximum atomic E-state index is 0. The van der Waals surface area contributed by atoms with Gasteiger partial charge in [-0.15, -0.1) is 0 Å². The van der Waals surface area contributed by atoms with E-state index in [1.807, 2.05) is 0 Å². The zero-order valence-electron chi connectivity index (χ0n) is 1.21. The first kappa shape index (κ1) is 38.6. The minimum atomic E-state index is 0. The summed E-state index contributed by atoms with van der Waals surface area (Å²) in [6, 6.07) is 0. The summed E-state index contributed by atoms with van der Waals surface area (Å²) >= 11 is 0. The smallest absolute Gasteiger partial charge is 0 e. The first-order valence-corrected chi connectivity index (χ1v) is 0. The van der Waals surface area contributed by atoms with Gasteiger partial charge in [0.05, 0.1) is 0 Å². The summed E-state index contributed by atoms with van der Waals surface area (Å²) in [5, 5.41) is 0. The monoisotopic (exact) mass is 174 g/mol. The second-order valence-electron chi connectivity index (χ2n) is 0. The summed E-state index contributed by atoms with van der Waals surface area (Å²) < 4.78 is 0. The van der Waals surface area contributed by atoms with Crippen LogP contribution in [0.15, 0.2) is 0 Å². The molecule has 0 aliphatic heterocycles. The molecule has 4 heavy (non-hydrogen) atoms. The van der Waals surface area contributed by atoms with Gasteiger partial charge in [0, 0.05) is 56.1 Å². The quantitative estimate of drug-likeness (QED) is 0.417. The molecule has 0 saturated carbocycles. The molecule has 0 nitrogen and oxygen atoms in total. The van der Waals surface area contributed by atoms with Crippen LogP contribution in [0.5, 0.6) is 0 Å². The predicted octanol–water partition coefficient (Wildman–Crippen LogP) is -0.924. The van der Waals surface area contributed by atoms with Gasteiger partial charge in [0.15, 0.2) is 0 Å². The maximum absolute atomic E-state index is 0. The number of rotatable bonds is 0. The topological polar surface area (TPSA) is 0 Å². The Hall–Kier alpha value is 1.94. The first-order chi connectivity index (χ1) is 0.